The highest BCUT2D eigenvalue weighted by Gasteiger charge is 2.28. The van der Waals surface area contributed by atoms with E-state index in [-0.39, 0.29) is 18.2 Å². The van der Waals surface area contributed by atoms with Crippen molar-refractivity contribution in [3.8, 4) is 0 Å². The van der Waals surface area contributed by atoms with Gasteiger partial charge in [-0.05, 0) is 45.8 Å². The summed E-state index contributed by atoms with van der Waals surface area (Å²) in [5.41, 5.74) is 2.96. The van der Waals surface area contributed by atoms with Crippen LogP contribution >= 0.6 is 11.3 Å². The molecule has 118 valence electrons. The summed E-state index contributed by atoms with van der Waals surface area (Å²) in [6.07, 6.45) is 0.598. The first-order valence-electron chi connectivity index (χ1n) is 7.19. The third kappa shape index (κ3) is 3.44. The van der Waals surface area contributed by atoms with Crippen molar-refractivity contribution < 1.29 is 14.4 Å². The highest BCUT2D eigenvalue weighted by molar-refractivity contribution is 7.13. The second-order valence-electron chi connectivity index (χ2n) is 5.68. The Morgan fingerprint density at radius 3 is 2.59 bits per heavy atom. The average molecular weight is 320 g/mol. The molecule has 0 spiro atoms. The predicted octanol–water partition coefficient (Wildman–Crippen LogP) is 2.40. The molecule has 1 unspecified atom stereocenters. The van der Waals surface area contributed by atoms with Crippen LogP contribution < -0.4 is 10.6 Å². The lowest BCUT2D eigenvalue weighted by Gasteiger charge is -2.21. The first kappa shape index (κ1) is 16.4. The molecule has 6 heteroatoms. The van der Waals surface area contributed by atoms with Crippen LogP contribution in [0.15, 0.2) is 11.6 Å². The van der Waals surface area contributed by atoms with E-state index in [1.165, 1.54) is 5.57 Å². The summed E-state index contributed by atoms with van der Waals surface area (Å²) in [4.78, 5) is 37.2. The number of rotatable bonds is 3. The number of imide groups is 1. The normalized spacial score (nSPS) is 17.9. The summed E-state index contributed by atoms with van der Waals surface area (Å²) in [5.74, 6) is -0.988. The van der Waals surface area contributed by atoms with Crippen molar-refractivity contribution in [3.63, 3.8) is 0 Å². The lowest BCUT2D eigenvalue weighted by molar-refractivity contribution is -0.134. The Labute approximate surface area is 133 Å². The van der Waals surface area contributed by atoms with Crippen molar-refractivity contribution in [3.05, 3.63) is 27.0 Å². The van der Waals surface area contributed by atoms with E-state index in [9.17, 15) is 14.4 Å². The van der Waals surface area contributed by atoms with E-state index >= 15 is 0 Å². The third-order valence-corrected chi connectivity index (χ3v) is 5.00. The van der Waals surface area contributed by atoms with Gasteiger partial charge in [0.15, 0.2) is 0 Å². The molecule has 1 aliphatic rings. The van der Waals surface area contributed by atoms with Gasteiger partial charge in [-0.2, -0.15) is 0 Å². The number of thiophene rings is 1. The standard InChI is InChI=1S/C16H20N2O3S/c1-8(2)9(3)13-7-11(10(4)22-13)15(20)17-12-5-6-14(19)18-16(12)21/h7,12H,5-6H2,1-4H3,(H,17,20)(H,18,19,21). The zero-order valence-corrected chi connectivity index (χ0v) is 14.0. The number of hydrogen-bond acceptors (Lipinski definition) is 4. The van der Waals surface area contributed by atoms with Crippen molar-refractivity contribution in [1.29, 1.82) is 0 Å². The molecule has 1 aromatic heterocycles. The lowest BCUT2D eigenvalue weighted by Crippen LogP contribution is -2.52. The topological polar surface area (TPSA) is 75.3 Å². The van der Waals surface area contributed by atoms with Crippen LogP contribution in [0.5, 0.6) is 0 Å². The van der Waals surface area contributed by atoms with Crippen LogP contribution in [0.1, 0.15) is 53.7 Å². The highest BCUT2D eigenvalue weighted by Crippen LogP contribution is 2.29. The number of nitrogens with one attached hydrogen (secondary N) is 2. The zero-order valence-electron chi connectivity index (χ0n) is 13.2. The van der Waals surface area contributed by atoms with Crippen LogP contribution in [0.25, 0.3) is 5.57 Å². The van der Waals surface area contributed by atoms with Crippen molar-refractivity contribution >= 4 is 34.6 Å². The Morgan fingerprint density at radius 1 is 1.32 bits per heavy atom. The number of hydrogen-bond donors (Lipinski definition) is 2. The van der Waals surface area contributed by atoms with Gasteiger partial charge in [0, 0.05) is 16.2 Å². The van der Waals surface area contributed by atoms with Crippen molar-refractivity contribution in [2.45, 2.75) is 46.6 Å². The molecule has 1 fully saturated rings. The summed E-state index contributed by atoms with van der Waals surface area (Å²) in [7, 11) is 0. The zero-order chi connectivity index (χ0) is 16.4. The van der Waals surface area contributed by atoms with Crippen LogP contribution in [-0.2, 0) is 9.59 Å². The third-order valence-electron chi connectivity index (χ3n) is 3.83. The molecule has 1 atom stereocenters. The minimum atomic E-state index is -0.641. The van der Waals surface area contributed by atoms with E-state index in [1.807, 2.05) is 33.8 Å². The molecule has 0 radical (unpaired) electrons. The molecule has 1 aliphatic heterocycles. The highest BCUT2D eigenvalue weighted by atomic mass is 32.1. The van der Waals surface area contributed by atoms with Gasteiger partial charge in [0.1, 0.15) is 6.04 Å². The number of amides is 3. The van der Waals surface area contributed by atoms with E-state index in [0.29, 0.717) is 12.0 Å². The molecule has 0 aliphatic carbocycles. The Kier molecular flexibility index (Phi) is 4.81. The molecular formula is C16H20N2O3S. The van der Waals surface area contributed by atoms with Gasteiger partial charge in [0.05, 0.1) is 5.56 Å². The molecule has 1 saturated heterocycles. The van der Waals surface area contributed by atoms with Gasteiger partial charge in [-0.3, -0.25) is 19.7 Å². The second-order valence-corrected chi connectivity index (χ2v) is 6.94. The molecule has 1 aromatic rings. The summed E-state index contributed by atoms with van der Waals surface area (Å²) in [5, 5.41) is 4.96. The summed E-state index contributed by atoms with van der Waals surface area (Å²) >= 11 is 1.57. The largest absolute Gasteiger partial charge is 0.340 e. The molecule has 0 bridgehead atoms. The fourth-order valence-electron chi connectivity index (χ4n) is 2.21. The Bertz CT molecular complexity index is 669. The number of carbonyl (C=O) groups is 3. The molecule has 2 rings (SSSR count). The molecule has 22 heavy (non-hydrogen) atoms. The van der Waals surface area contributed by atoms with Gasteiger partial charge in [-0.1, -0.05) is 5.57 Å². The minimum absolute atomic E-state index is 0.251. The lowest BCUT2D eigenvalue weighted by atomic mass is 10.1. The quantitative estimate of drug-likeness (QED) is 0.840. The summed E-state index contributed by atoms with van der Waals surface area (Å²) in [6, 6.07) is 1.22. The first-order chi connectivity index (χ1) is 10.3. The molecule has 2 N–H and O–H groups in total. The SMILES string of the molecule is CC(C)=C(C)c1cc(C(=O)NC2CCC(=O)NC2=O)c(C)s1. The smallest absolute Gasteiger partial charge is 0.253 e. The van der Waals surface area contributed by atoms with Crippen LogP contribution in [0, 0.1) is 6.92 Å². The Morgan fingerprint density at radius 2 is 2.00 bits per heavy atom. The van der Waals surface area contributed by atoms with Gasteiger partial charge in [0.25, 0.3) is 5.91 Å². The van der Waals surface area contributed by atoms with E-state index in [0.717, 1.165) is 15.3 Å². The molecule has 0 saturated carbocycles. The van der Waals surface area contributed by atoms with Gasteiger partial charge in [0.2, 0.25) is 11.8 Å². The van der Waals surface area contributed by atoms with E-state index < -0.39 is 11.9 Å². The van der Waals surface area contributed by atoms with Crippen LogP contribution in [0.2, 0.25) is 0 Å². The number of piperidine rings is 1. The van der Waals surface area contributed by atoms with Gasteiger partial charge >= 0.3 is 0 Å². The molecule has 2 heterocycles. The van der Waals surface area contributed by atoms with Gasteiger partial charge < -0.3 is 5.32 Å². The average Bonchev–Trinajstić information content (AvgIpc) is 2.83. The van der Waals surface area contributed by atoms with Crippen LogP contribution in [0.3, 0.4) is 0 Å². The van der Waals surface area contributed by atoms with Crippen molar-refractivity contribution in [1.82, 2.24) is 10.6 Å². The fraction of sp³-hybridized carbons (Fsp3) is 0.438. The van der Waals surface area contributed by atoms with E-state index in [2.05, 4.69) is 10.6 Å². The number of allylic oxidation sites excluding steroid dienone is 2. The van der Waals surface area contributed by atoms with Gasteiger partial charge in [-0.15, -0.1) is 11.3 Å². The summed E-state index contributed by atoms with van der Waals surface area (Å²) < 4.78 is 0. The Hall–Kier alpha value is -1.95. The van der Waals surface area contributed by atoms with Crippen molar-refractivity contribution in [2.24, 2.45) is 0 Å². The number of aryl methyl sites for hydroxylation is 1. The maximum atomic E-state index is 12.4. The predicted molar refractivity (Wildman–Crippen MR) is 86.6 cm³/mol. The van der Waals surface area contributed by atoms with Gasteiger partial charge in [-0.25, -0.2) is 0 Å². The monoisotopic (exact) mass is 320 g/mol. The Balaban J connectivity index is 2.15. The number of carbonyl (C=O) groups excluding carboxylic acids is 3. The molecule has 0 aromatic carbocycles. The van der Waals surface area contributed by atoms with E-state index in [4.69, 9.17) is 0 Å². The molecular weight excluding hydrogens is 300 g/mol. The second kappa shape index (κ2) is 6.44. The maximum Gasteiger partial charge on any atom is 0.253 e. The summed E-state index contributed by atoms with van der Waals surface area (Å²) in [6.45, 7) is 8.00. The first-order valence-corrected chi connectivity index (χ1v) is 8.00. The molecule has 5 nitrogen and oxygen atoms in total. The maximum absolute atomic E-state index is 12.4. The minimum Gasteiger partial charge on any atom is -0.340 e. The van der Waals surface area contributed by atoms with Crippen molar-refractivity contribution in [2.75, 3.05) is 0 Å². The van der Waals surface area contributed by atoms with Crippen LogP contribution in [0.4, 0.5) is 0 Å². The van der Waals surface area contributed by atoms with Crippen LogP contribution in [-0.4, -0.2) is 23.8 Å². The fourth-order valence-corrected chi connectivity index (χ4v) is 3.33. The molecule has 3 amide bonds. The van der Waals surface area contributed by atoms with E-state index in [1.54, 1.807) is 11.3 Å².